The lowest BCUT2D eigenvalue weighted by molar-refractivity contribution is 0.526. The van der Waals surface area contributed by atoms with Crippen LogP contribution in [0.4, 0.5) is 4.39 Å². The lowest BCUT2D eigenvalue weighted by atomic mass is 10.3. The molecule has 15 heavy (non-hydrogen) atoms. The SMILES string of the molecule is Cc1ccoc1CSc1nccnc1F. The number of rotatable bonds is 3. The van der Waals surface area contributed by atoms with E-state index in [9.17, 15) is 4.39 Å². The van der Waals surface area contributed by atoms with Crippen molar-refractivity contribution in [3.05, 3.63) is 42.0 Å². The van der Waals surface area contributed by atoms with Gasteiger partial charge in [0.1, 0.15) is 5.76 Å². The summed E-state index contributed by atoms with van der Waals surface area (Å²) in [5.74, 6) is 0.866. The first-order chi connectivity index (χ1) is 7.27. The lowest BCUT2D eigenvalue weighted by Gasteiger charge is -1.99. The number of halogens is 1. The molecular weight excluding hydrogens is 215 g/mol. The van der Waals surface area contributed by atoms with E-state index in [1.54, 1.807) is 6.26 Å². The zero-order chi connectivity index (χ0) is 10.7. The Balaban J connectivity index is 2.06. The normalized spacial score (nSPS) is 10.5. The minimum Gasteiger partial charge on any atom is -0.468 e. The number of aromatic nitrogens is 2. The molecule has 2 rings (SSSR count). The zero-order valence-electron chi connectivity index (χ0n) is 8.11. The average Bonchev–Trinajstić information content (AvgIpc) is 2.63. The predicted octanol–water partition coefficient (Wildman–Crippen LogP) is 2.81. The summed E-state index contributed by atoms with van der Waals surface area (Å²) in [5.41, 5.74) is 1.06. The van der Waals surface area contributed by atoms with Gasteiger partial charge >= 0.3 is 0 Å². The molecule has 2 heterocycles. The fraction of sp³-hybridized carbons (Fsp3) is 0.200. The molecular formula is C10H9FN2OS. The Hall–Kier alpha value is -1.36. The number of hydrogen-bond acceptors (Lipinski definition) is 4. The van der Waals surface area contributed by atoms with Crippen molar-refractivity contribution in [2.24, 2.45) is 0 Å². The molecule has 0 amide bonds. The van der Waals surface area contributed by atoms with Crippen molar-refractivity contribution >= 4 is 11.8 Å². The molecule has 3 nitrogen and oxygen atoms in total. The molecule has 78 valence electrons. The third-order valence-electron chi connectivity index (χ3n) is 1.93. The van der Waals surface area contributed by atoms with Crippen LogP contribution in [-0.4, -0.2) is 9.97 Å². The minimum atomic E-state index is -0.535. The van der Waals surface area contributed by atoms with Crippen molar-refractivity contribution in [2.75, 3.05) is 0 Å². The second-order valence-electron chi connectivity index (χ2n) is 2.97. The van der Waals surface area contributed by atoms with Crippen molar-refractivity contribution in [3.63, 3.8) is 0 Å². The zero-order valence-corrected chi connectivity index (χ0v) is 8.92. The smallest absolute Gasteiger partial charge is 0.245 e. The second-order valence-corrected chi connectivity index (χ2v) is 3.93. The van der Waals surface area contributed by atoms with Gasteiger partial charge in [-0.05, 0) is 18.6 Å². The molecule has 2 aromatic rings. The van der Waals surface area contributed by atoms with Crippen molar-refractivity contribution in [2.45, 2.75) is 17.7 Å². The Labute approximate surface area is 90.7 Å². The van der Waals surface area contributed by atoms with Crippen LogP contribution < -0.4 is 0 Å². The molecule has 0 unspecified atom stereocenters. The van der Waals surface area contributed by atoms with Gasteiger partial charge in [0, 0.05) is 12.4 Å². The molecule has 0 radical (unpaired) electrons. The quantitative estimate of drug-likeness (QED) is 0.751. The number of aryl methyl sites for hydroxylation is 1. The maximum atomic E-state index is 13.1. The molecule has 0 aromatic carbocycles. The molecule has 0 atom stereocenters. The minimum absolute atomic E-state index is 0.299. The molecule has 0 aliphatic heterocycles. The maximum Gasteiger partial charge on any atom is 0.245 e. The molecule has 0 bridgehead atoms. The molecule has 2 aromatic heterocycles. The van der Waals surface area contributed by atoms with E-state index in [0.717, 1.165) is 11.3 Å². The summed E-state index contributed by atoms with van der Waals surface area (Å²) in [6.07, 6.45) is 4.43. The van der Waals surface area contributed by atoms with Gasteiger partial charge < -0.3 is 4.42 Å². The number of hydrogen-bond donors (Lipinski definition) is 0. The number of thioether (sulfide) groups is 1. The summed E-state index contributed by atoms with van der Waals surface area (Å²) in [7, 11) is 0. The van der Waals surface area contributed by atoms with Crippen LogP contribution in [0.25, 0.3) is 0 Å². The highest BCUT2D eigenvalue weighted by atomic mass is 32.2. The molecule has 0 aliphatic carbocycles. The number of furan rings is 1. The van der Waals surface area contributed by atoms with E-state index < -0.39 is 5.95 Å². The first-order valence-electron chi connectivity index (χ1n) is 4.39. The molecule has 0 fully saturated rings. The van der Waals surface area contributed by atoms with Gasteiger partial charge in [-0.2, -0.15) is 4.39 Å². The van der Waals surface area contributed by atoms with Crippen LogP contribution in [0.2, 0.25) is 0 Å². The highest BCUT2D eigenvalue weighted by Gasteiger charge is 2.07. The van der Waals surface area contributed by atoms with E-state index >= 15 is 0 Å². The van der Waals surface area contributed by atoms with E-state index in [-0.39, 0.29) is 0 Å². The lowest BCUT2D eigenvalue weighted by Crippen LogP contribution is -1.90. The van der Waals surface area contributed by atoms with Gasteiger partial charge in [0.2, 0.25) is 5.95 Å². The van der Waals surface area contributed by atoms with E-state index in [4.69, 9.17) is 4.42 Å². The van der Waals surface area contributed by atoms with E-state index in [1.165, 1.54) is 24.2 Å². The van der Waals surface area contributed by atoms with Crippen LogP contribution in [0.3, 0.4) is 0 Å². The van der Waals surface area contributed by atoms with Crippen molar-refractivity contribution in [3.8, 4) is 0 Å². The van der Waals surface area contributed by atoms with Gasteiger partial charge in [0.15, 0.2) is 5.03 Å². The van der Waals surface area contributed by atoms with Crippen molar-refractivity contribution < 1.29 is 8.81 Å². The largest absolute Gasteiger partial charge is 0.468 e. The molecule has 0 N–H and O–H groups in total. The number of nitrogens with zero attached hydrogens (tertiary/aromatic N) is 2. The molecule has 5 heteroatoms. The van der Waals surface area contributed by atoms with E-state index in [0.29, 0.717) is 10.8 Å². The summed E-state index contributed by atoms with van der Waals surface area (Å²) >= 11 is 1.28. The van der Waals surface area contributed by atoms with Gasteiger partial charge in [-0.1, -0.05) is 11.8 Å². The Morgan fingerprint density at radius 2 is 2.20 bits per heavy atom. The van der Waals surface area contributed by atoms with Crippen LogP contribution >= 0.6 is 11.8 Å². The van der Waals surface area contributed by atoms with E-state index in [2.05, 4.69) is 9.97 Å². The molecule has 0 spiro atoms. The van der Waals surface area contributed by atoms with Crippen molar-refractivity contribution in [1.82, 2.24) is 9.97 Å². The topological polar surface area (TPSA) is 38.9 Å². The Kier molecular flexibility index (Phi) is 3.01. The van der Waals surface area contributed by atoms with E-state index in [1.807, 2.05) is 13.0 Å². The van der Waals surface area contributed by atoms with Gasteiger partial charge in [-0.3, -0.25) is 0 Å². The van der Waals surface area contributed by atoms with Crippen molar-refractivity contribution in [1.29, 1.82) is 0 Å². The third kappa shape index (κ3) is 2.36. The standard InChI is InChI=1S/C10H9FN2OS/c1-7-2-5-14-8(7)6-15-10-9(11)12-3-4-13-10/h2-5H,6H2,1H3. The summed E-state index contributed by atoms with van der Waals surface area (Å²) in [5, 5.41) is 0.299. The Morgan fingerprint density at radius 1 is 1.40 bits per heavy atom. The van der Waals surface area contributed by atoms with Crippen LogP contribution in [0.1, 0.15) is 11.3 Å². The Bertz CT molecular complexity index is 458. The highest BCUT2D eigenvalue weighted by Crippen LogP contribution is 2.23. The van der Waals surface area contributed by atoms with Gasteiger partial charge in [-0.25, -0.2) is 9.97 Å². The van der Waals surface area contributed by atoms with Crippen LogP contribution in [0.5, 0.6) is 0 Å². The highest BCUT2D eigenvalue weighted by molar-refractivity contribution is 7.98. The predicted molar refractivity (Wildman–Crippen MR) is 55.0 cm³/mol. The second kappa shape index (κ2) is 4.44. The summed E-state index contributed by atoms with van der Waals surface area (Å²) in [4.78, 5) is 7.41. The molecule has 0 aliphatic rings. The van der Waals surface area contributed by atoms with Crippen LogP contribution in [0, 0.1) is 12.9 Å². The Morgan fingerprint density at radius 3 is 2.87 bits per heavy atom. The van der Waals surface area contributed by atoms with Gasteiger partial charge in [0.05, 0.1) is 12.0 Å². The summed E-state index contributed by atoms with van der Waals surface area (Å²) in [6, 6.07) is 1.88. The third-order valence-corrected chi connectivity index (χ3v) is 2.88. The first kappa shape index (κ1) is 10.2. The fourth-order valence-electron chi connectivity index (χ4n) is 1.09. The molecule has 0 saturated carbocycles. The van der Waals surface area contributed by atoms with Crippen LogP contribution in [0.15, 0.2) is 34.2 Å². The van der Waals surface area contributed by atoms with Crippen LogP contribution in [-0.2, 0) is 5.75 Å². The monoisotopic (exact) mass is 224 g/mol. The average molecular weight is 224 g/mol. The van der Waals surface area contributed by atoms with Gasteiger partial charge in [-0.15, -0.1) is 0 Å². The van der Waals surface area contributed by atoms with Gasteiger partial charge in [0.25, 0.3) is 0 Å². The fourth-order valence-corrected chi connectivity index (χ4v) is 1.96. The molecule has 0 saturated heterocycles. The first-order valence-corrected chi connectivity index (χ1v) is 5.38. The summed E-state index contributed by atoms with van der Waals surface area (Å²) in [6.45, 7) is 1.95. The maximum absolute atomic E-state index is 13.1. The summed E-state index contributed by atoms with van der Waals surface area (Å²) < 4.78 is 18.3.